The topological polar surface area (TPSA) is 62.0 Å². The van der Waals surface area contributed by atoms with Crippen LogP contribution in [0, 0.1) is 12.7 Å². The van der Waals surface area contributed by atoms with Crippen LogP contribution in [0.2, 0.25) is 5.02 Å². The molecule has 0 saturated carbocycles. The Hall–Kier alpha value is -2.66. The number of nitrogens with one attached hydrogen (secondary N) is 2. The van der Waals surface area contributed by atoms with Crippen LogP contribution in [0.5, 0.6) is 0 Å². The van der Waals surface area contributed by atoms with E-state index < -0.39 is 11.7 Å². The van der Waals surface area contributed by atoms with Crippen molar-refractivity contribution < 1.29 is 9.18 Å². The second kappa shape index (κ2) is 5.85. The van der Waals surface area contributed by atoms with Gasteiger partial charge in [-0.3, -0.25) is 9.59 Å². The third-order valence-electron chi connectivity index (χ3n) is 3.48. The minimum Gasteiger partial charge on any atom is -0.322 e. The maximum atomic E-state index is 13.8. The molecule has 0 spiro atoms. The number of aromatic amines is 1. The molecule has 23 heavy (non-hydrogen) atoms. The summed E-state index contributed by atoms with van der Waals surface area (Å²) in [6.45, 7) is 1.72. The molecule has 0 aliphatic rings. The number of hydrogen-bond acceptors (Lipinski definition) is 2. The van der Waals surface area contributed by atoms with Crippen molar-refractivity contribution >= 4 is 34.1 Å². The van der Waals surface area contributed by atoms with Crippen molar-refractivity contribution in [3.05, 3.63) is 74.8 Å². The summed E-state index contributed by atoms with van der Waals surface area (Å²) in [6, 6.07) is 10.8. The largest absolute Gasteiger partial charge is 0.322 e. The number of anilines is 1. The van der Waals surface area contributed by atoms with Gasteiger partial charge in [-0.2, -0.15) is 0 Å². The van der Waals surface area contributed by atoms with Crippen LogP contribution in [-0.2, 0) is 0 Å². The predicted octanol–water partition coefficient (Wildman–Crippen LogP) is 3.88. The lowest BCUT2D eigenvalue weighted by Crippen LogP contribution is -2.15. The normalized spacial score (nSPS) is 10.7. The second-order valence-electron chi connectivity index (χ2n) is 5.13. The van der Waals surface area contributed by atoms with E-state index in [2.05, 4.69) is 10.3 Å². The average Bonchev–Trinajstić information content (AvgIpc) is 2.48. The molecule has 3 aromatic rings. The van der Waals surface area contributed by atoms with Gasteiger partial charge in [0, 0.05) is 11.3 Å². The molecule has 0 aliphatic heterocycles. The van der Waals surface area contributed by atoms with Crippen molar-refractivity contribution in [1.29, 1.82) is 0 Å². The number of hydrogen-bond donors (Lipinski definition) is 2. The number of rotatable bonds is 2. The molecule has 0 bridgehead atoms. The number of carbonyl (C=O) groups excluding carboxylic acids is 1. The third-order valence-corrected chi connectivity index (χ3v) is 3.79. The first-order valence-electron chi connectivity index (χ1n) is 6.85. The van der Waals surface area contributed by atoms with Crippen LogP contribution in [0.15, 0.2) is 47.3 Å². The molecule has 6 heteroatoms. The van der Waals surface area contributed by atoms with E-state index >= 15 is 0 Å². The van der Waals surface area contributed by atoms with Crippen LogP contribution in [0.25, 0.3) is 10.9 Å². The Morgan fingerprint density at radius 1 is 1.22 bits per heavy atom. The summed E-state index contributed by atoms with van der Waals surface area (Å²) >= 11 is 5.88. The molecule has 0 radical (unpaired) electrons. The Morgan fingerprint density at radius 2 is 2.00 bits per heavy atom. The summed E-state index contributed by atoms with van der Waals surface area (Å²) < 4.78 is 13.8. The highest BCUT2D eigenvalue weighted by molar-refractivity contribution is 6.34. The van der Waals surface area contributed by atoms with Gasteiger partial charge in [0.05, 0.1) is 16.1 Å². The minimum absolute atomic E-state index is 0.0346. The van der Waals surface area contributed by atoms with E-state index in [1.165, 1.54) is 18.2 Å². The van der Waals surface area contributed by atoms with Crippen LogP contribution in [0.4, 0.5) is 10.1 Å². The van der Waals surface area contributed by atoms with Gasteiger partial charge >= 0.3 is 0 Å². The number of pyridine rings is 1. The first kappa shape index (κ1) is 15.2. The quantitative estimate of drug-likeness (QED) is 0.749. The maximum Gasteiger partial charge on any atom is 0.260 e. The monoisotopic (exact) mass is 330 g/mol. The molecule has 0 fully saturated rings. The van der Waals surface area contributed by atoms with Gasteiger partial charge < -0.3 is 10.3 Å². The number of H-pyrrole nitrogens is 1. The molecule has 0 unspecified atom stereocenters. The van der Waals surface area contributed by atoms with Crippen molar-refractivity contribution in [3.63, 3.8) is 0 Å². The highest BCUT2D eigenvalue weighted by atomic mass is 35.5. The molecule has 2 aromatic carbocycles. The fourth-order valence-electron chi connectivity index (χ4n) is 2.30. The Bertz CT molecular complexity index is 962. The standard InChI is InChI=1S/C17H12ClFN2O2/c1-9-7-10-5-6-11(8-14(10)21-16(9)22)20-17(23)15-12(18)3-2-4-13(15)19/h2-8H,1H3,(H,20,23)(H,21,22). The lowest BCUT2D eigenvalue weighted by molar-refractivity contribution is 0.102. The van der Waals surface area contributed by atoms with E-state index in [0.717, 1.165) is 5.39 Å². The van der Waals surface area contributed by atoms with Crippen molar-refractivity contribution in [2.75, 3.05) is 5.32 Å². The number of aromatic nitrogens is 1. The number of carbonyl (C=O) groups is 1. The lowest BCUT2D eigenvalue weighted by Gasteiger charge is -2.09. The van der Waals surface area contributed by atoms with E-state index in [1.807, 2.05) is 0 Å². The van der Waals surface area contributed by atoms with Crippen LogP contribution in [0.3, 0.4) is 0 Å². The van der Waals surface area contributed by atoms with Gasteiger partial charge in [0.25, 0.3) is 11.5 Å². The molecule has 1 aromatic heterocycles. The van der Waals surface area contributed by atoms with E-state index in [9.17, 15) is 14.0 Å². The molecule has 4 nitrogen and oxygen atoms in total. The van der Waals surface area contributed by atoms with Gasteiger partial charge in [0.2, 0.25) is 0 Å². The van der Waals surface area contributed by atoms with Crippen LogP contribution in [-0.4, -0.2) is 10.9 Å². The number of amides is 1. The van der Waals surface area contributed by atoms with Gasteiger partial charge in [0.1, 0.15) is 5.82 Å². The number of fused-ring (bicyclic) bond motifs is 1. The Labute approximate surface area is 135 Å². The molecule has 1 amide bonds. The van der Waals surface area contributed by atoms with Crippen LogP contribution in [0.1, 0.15) is 15.9 Å². The van der Waals surface area contributed by atoms with Crippen LogP contribution < -0.4 is 10.9 Å². The fraction of sp³-hybridized carbons (Fsp3) is 0.0588. The van der Waals surface area contributed by atoms with Gasteiger partial charge in [-0.15, -0.1) is 0 Å². The SMILES string of the molecule is Cc1cc2ccc(NC(=O)c3c(F)cccc3Cl)cc2[nH]c1=O. The highest BCUT2D eigenvalue weighted by Crippen LogP contribution is 2.22. The summed E-state index contributed by atoms with van der Waals surface area (Å²) in [5, 5.41) is 3.45. The molecule has 0 aliphatic carbocycles. The summed E-state index contributed by atoms with van der Waals surface area (Å²) in [5.74, 6) is -1.35. The zero-order valence-electron chi connectivity index (χ0n) is 12.1. The average molecular weight is 331 g/mol. The smallest absolute Gasteiger partial charge is 0.260 e. The summed E-state index contributed by atoms with van der Waals surface area (Å²) in [5.41, 5.74) is 1.21. The van der Waals surface area contributed by atoms with E-state index in [-0.39, 0.29) is 16.1 Å². The maximum absolute atomic E-state index is 13.8. The second-order valence-corrected chi connectivity index (χ2v) is 5.54. The van der Waals surface area contributed by atoms with Crippen molar-refractivity contribution in [2.24, 2.45) is 0 Å². The number of halogens is 2. The van der Waals surface area contributed by atoms with E-state index in [0.29, 0.717) is 16.8 Å². The summed E-state index contributed by atoms with van der Waals surface area (Å²) in [4.78, 5) is 26.6. The molecular formula is C17H12ClFN2O2. The van der Waals surface area contributed by atoms with Gasteiger partial charge in [-0.1, -0.05) is 23.7 Å². The third kappa shape index (κ3) is 2.96. The number of aryl methyl sites for hydroxylation is 1. The van der Waals surface area contributed by atoms with Crippen LogP contribution >= 0.6 is 11.6 Å². The Morgan fingerprint density at radius 3 is 2.74 bits per heavy atom. The van der Waals surface area contributed by atoms with Gasteiger partial charge in [-0.05, 0) is 42.6 Å². The zero-order valence-corrected chi connectivity index (χ0v) is 12.9. The van der Waals surface area contributed by atoms with Crippen molar-refractivity contribution in [2.45, 2.75) is 6.92 Å². The van der Waals surface area contributed by atoms with Crippen molar-refractivity contribution in [3.8, 4) is 0 Å². The van der Waals surface area contributed by atoms with Crippen molar-refractivity contribution in [1.82, 2.24) is 4.98 Å². The predicted molar refractivity (Wildman–Crippen MR) is 88.7 cm³/mol. The molecule has 0 atom stereocenters. The Kier molecular flexibility index (Phi) is 3.88. The van der Waals surface area contributed by atoms with Gasteiger partial charge in [-0.25, -0.2) is 4.39 Å². The Balaban J connectivity index is 1.97. The molecular weight excluding hydrogens is 319 g/mol. The summed E-state index contributed by atoms with van der Waals surface area (Å²) in [7, 11) is 0. The zero-order chi connectivity index (χ0) is 16.6. The lowest BCUT2D eigenvalue weighted by atomic mass is 10.1. The van der Waals surface area contributed by atoms with Gasteiger partial charge in [0.15, 0.2) is 0 Å². The molecule has 2 N–H and O–H groups in total. The highest BCUT2D eigenvalue weighted by Gasteiger charge is 2.16. The summed E-state index contributed by atoms with van der Waals surface area (Å²) in [6.07, 6.45) is 0. The minimum atomic E-state index is -0.695. The van der Waals surface area contributed by atoms with E-state index in [1.54, 1.807) is 31.2 Å². The molecule has 0 saturated heterocycles. The molecule has 1 heterocycles. The fourth-order valence-corrected chi connectivity index (χ4v) is 2.55. The first-order valence-corrected chi connectivity index (χ1v) is 7.22. The van der Waals surface area contributed by atoms with E-state index in [4.69, 9.17) is 11.6 Å². The number of benzene rings is 2. The molecule has 116 valence electrons. The first-order chi connectivity index (χ1) is 11.0. The molecule has 3 rings (SSSR count).